The molecule has 0 aliphatic carbocycles. The Kier molecular flexibility index (Phi) is 6.20. The molecule has 1 saturated heterocycles. The van der Waals surface area contributed by atoms with Gasteiger partial charge in [-0.05, 0) is 51.1 Å². The van der Waals surface area contributed by atoms with Gasteiger partial charge in [0.25, 0.3) is 0 Å². The highest BCUT2D eigenvalue weighted by Gasteiger charge is 2.12. The standard InChI is InChI=1S/C12H25NO/c1-11(2)10-13-8-5-7-12-6-3-4-9-14-12/h11-13H,3-10H2,1-2H3. The molecule has 0 amide bonds. The van der Waals surface area contributed by atoms with Crippen molar-refractivity contribution in [3.8, 4) is 0 Å². The van der Waals surface area contributed by atoms with Gasteiger partial charge < -0.3 is 10.1 Å². The van der Waals surface area contributed by atoms with Gasteiger partial charge >= 0.3 is 0 Å². The van der Waals surface area contributed by atoms with Gasteiger partial charge in [-0.2, -0.15) is 0 Å². The lowest BCUT2D eigenvalue weighted by atomic mass is 10.0. The first-order valence-electron chi connectivity index (χ1n) is 6.11. The molecule has 0 spiro atoms. The smallest absolute Gasteiger partial charge is 0.0575 e. The molecule has 0 bridgehead atoms. The second kappa shape index (κ2) is 7.24. The fraction of sp³-hybridized carbons (Fsp3) is 1.00. The van der Waals surface area contributed by atoms with Gasteiger partial charge in [0, 0.05) is 6.61 Å². The van der Waals surface area contributed by atoms with Crippen molar-refractivity contribution in [2.75, 3.05) is 19.7 Å². The molecule has 1 aliphatic rings. The quantitative estimate of drug-likeness (QED) is 0.664. The van der Waals surface area contributed by atoms with E-state index in [-0.39, 0.29) is 0 Å². The molecule has 0 saturated carbocycles. The summed E-state index contributed by atoms with van der Waals surface area (Å²) in [6.07, 6.45) is 6.98. The van der Waals surface area contributed by atoms with E-state index in [1.165, 1.54) is 32.1 Å². The van der Waals surface area contributed by atoms with Crippen molar-refractivity contribution in [1.82, 2.24) is 5.32 Å². The summed E-state index contributed by atoms with van der Waals surface area (Å²) in [5, 5.41) is 3.47. The zero-order valence-corrected chi connectivity index (χ0v) is 9.72. The Balaban J connectivity index is 1.87. The van der Waals surface area contributed by atoms with Gasteiger partial charge in [0.05, 0.1) is 6.10 Å². The lowest BCUT2D eigenvalue weighted by molar-refractivity contribution is 0.0102. The Labute approximate surface area is 88.4 Å². The van der Waals surface area contributed by atoms with E-state index in [0.717, 1.165) is 25.6 Å². The molecule has 2 heteroatoms. The second-order valence-corrected chi connectivity index (χ2v) is 4.73. The Bertz CT molecular complexity index is 130. The summed E-state index contributed by atoms with van der Waals surface area (Å²) in [6.45, 7) is 7.78. The van der Waals surface area contributed by atoms with E-state index >= 15 is 0 Å². The maximum Gasteiger partial charge on any atom is 0.0575 e. The highest BCUT2D eigenvalue weighted by Crippen LogP contribution is 2.16. The van der Waals surface area contributed by atoms with E-state index in [1.54, 1.807) is 0 Å². The van der Waals surface area contributed by atoms with Crippen LogP contribution < -0.4 is 5.32 Å². The van der Waals surface area contributed by atoms with Crippen molar-refractivity contribution in [3.63, 3.8) is 0 Å². The van der Waals surface area contributed by atoms with Crippen LogP contribution in [0.3, 0.4) is 0 Å². The summed E-state index contributed by atoms with van der Waals surface area (Å²) in [5.41, 5.74) is 0. The van der Waals surface area contributed by atoms with Gasteiger partial charge in [-0.15, -0.1) is 0 Å². The SMILES string of the molecule is CC(C)CNCCCC1CCCCO1. The molecule has 1 heterocycles. The van der Waals surface area contributed by atoms with Gasteiger partial charge in [-0.25, -0.2) is 0 Å². The Morgan fingerprint density at radius 3 is 2.86 bits per heavy atom. The normalized spacial score (nSPS) is 22.9. The van der Waals surface area contributed by atoms with Crippen LogP contribution in [0.1, 0.15) is 46.0 Å². The molecule has 0 aromatic rings. The van der Waals surface area contributed by atoms with Gasteiger partial charge in [0.2, 0.25) is 0 Å². The van der Waals surface area contributed by atoms with Crippen LogP contribution in [-0.2, 0) is 4.74 Å². The third-order valence-electron chi connectivity index (χ3n) is 2.71. The molecule has 14 heavy (non-hydrogen) atoms. The average Bonchev–Trinajstić information content (AvgIpc) is 2.18. The number of ether oxygens (including phenoxy) is 1. The lowest BCUT2D eigenvalue weighted by Crippen LogP contribution is -2.24. The van der Waals surface area contributed by atoms with Crippen LogP contribution in [0.4, 0.5) is 0 Å². The number of hydrogen-bond acceptors (Lipinski definition) is 2. The van der Waals surface area contributed by atoms with Crippen LogP contribution in [0.15, 0.2) is 0 Å². The van der Waals surface area contributed by atoms with Crippen LogP contribution in [0.5, 0.6) is 0 Å². The van der Waals surface area contributed by atoms with Crippen LogP contribution in [-0.4, -0.2) is 25.8 Å². The first-order valence-corrected chi connectivity index (χ1v) is 6.11. The third-order valence-corrected chi connectivity index (χ3v) is 2.71. The molecular weight excluding hydrogens is 174 g/mol. The van der Waals surface area contributed by atoms with E-state index in [4.69, 9.17) is 4.74 Å². The van der Waals surface area contributed by atoms with Gasteiger partial charge in [-0.3, -0.25) is 0 Å². The van der Waals surface area contributed by atoms with Crippen molar-refractivity contribution >= 4 is 0 Å². The monoisotopic (exact) mass is 199 g/mol. The highest BCUT2D eigenvalue weighted by atomic mass is 16.5. The zero-order valence-electron chi connectivity index (χ0n) is 9.72. The number of hydrogen-bond donors (Lipinski definition) is 1. The maximum atomic E-state index is 5.68. The van der Waals surface area contributed by atoms with Crippen LogP contribution in [0.25, 0.3) is 0 Å². The summed E-state index contributed by atoms with van der Waals surface area (Å²) in [6, 6.07) is 0. The third kappa shape index (κ3) is 5.61. The number of nitrogens with one attached hydrogen (secondary N) is 1. The molecule has 84 valence electrons. The summed E-state index contributed by atoms with van der Waals surface area (Å²) < 4.78 is 5.68. The average molecular weight is 199 g/mol. The predicted molar refractivity (Wildman–Crippen MR) is 60.5 cm³/mol. The van der Waals surface area contributed by atoms with Crippen LogP contribution in [0, 0.1) is 5.92 Å². The Hall–Kier alpha value is -0.0800. The van der Waals surface area contributed by atoms with Crippen molar-refractivity contribution in [3.05, 3.63) is 0 Å². The molecule has 0 aromatic heterocycles. The first kappa shape index (κ1) is 12.0. The molecular formula is C12H25NO. The largest absolute Gasteiger partial charge is 0.378 e. The molecule has 2 nitrogen and oxygen atoms in total. The van der Waals surface area contributed by atoms with Gasteiger partial charge in [-0.1, -0.05) is 13.8 Å². The maximum absolute atomic E-state index is 5.68. The highest BCUT2D eigenvalue weighted by molar-refractivity contribution is 4.64. The number of rotatable bonds is 6. The fourth-order valence-corrected chi connectivity index (χ4v) is 1.88. The first-order chi connectivity index (χ1) is 6.79. The lowest BCUT2D eigenvalue weighted by Gasteiger charge is -2.22. The van der Waals surface area contributed by atoms with Gasteiger partial charge in [0.1, 0.15) is 0 Å². The van der Waals surface area contributed by atoms with Crippen LogP contribution in [0.2, 0.25) is 0 Å². The molecule has 1 N–H and O–H groups in total. The molecule has 0 aromatic carbocycles. The van der Waals surface area contributed by atoms with Crippen LogP contribution >= 0.6 is 0 Å². The molecule has 1 fully saturated rings. The van der Waals surface area contributed by atoms with Crippen molar-refractivity contribution in [2.45, 2.75) is 52.1 Å². The zero-order chi connectivity index (χ0) is 10.2. The van der Waals surface area contributed by atoms with E-state index < -0.39 is 0 Å². The fourth-order valence-electron chi connectivity index (χ4n) is 1.88. The molecule has 1 unspecified atom stereocenters. The van der Waals surface area contributed by atoms with E-state index in [0.29, 0.717) is 6.10 Å². The van der Waals surface area contributed by atoms with Crippen molar-refractivity contribution < 1.29 is 4.74 Å². The summed E-state index contributed by atoms with van der Waals surface area (Å²) in [4.78, 5) is 0. The minimum Gasteiger partial charge on any atom is -0.378 e. The molecule has 0 radical (unpaired) electrons. The van der Waals surface area contributed by atoms with E-state index in [1.807, 2.05) is 0 Å². The van der Waals surface area contributed by atoms with Gasteiger partial charge in [0.15, 0.2) is 0 Å². The predicted octanol–water partition coefficient (Wildman–Crippen LogP) is 2.58. The topological polar surface area (TPSA) is 21.3 Å². The Morgan fingerprint density at radius 1 is 1.36 bits per heavy atom. The summed E-state index contributed by atoms with van der Waals surface area (Å²) in [7, 11) is 0. The Morgan fingerprint density at radius 2 is 2.21 bits per heavy atom. The minimum atomic E-state index is 0.560. The minimum absolute atomic E-state index is 0.560. The van der Waals surface area contributed by atoms with Crippen molar-refractivity contribution in [1.29, 1.82) is 0 Å². The second-order valence-electron chi connectivity index (χ2n) is 4.73. The summed E-state index contributed by atoms with van der Waals surface area (Å²) >= 11 is 0. The van der Waals surface area contributed by atoms with Crippen molar-refractivity contribution in [2.24, 2.45) is 5.92 Å². The molecule has 1 rings (SSSR count). The molecule has 1 atom stereocenters. The van der Waals surface area contributed by atoms with E-state index in [9.17, 15) is 0 Å². The summed E-state index contributed by atoms with van der Waals surface area (Å²) in [5.74, 6) is 0.765. The molecule has 1 aliphatic heterocycles. The van der Waals surface area contributed by atoms with E-state index in [2.05, 4.69) is 19.2 Å².